The summed E-state index contributed by atoms with van der Waals surface area (Å²) >= 11 is 6.14. The Kier molecular flexibility index (Phi) is 4.91. The van der Waals surface area contributed by atoms with E-state index in [0.717, 1.165) is 16.8 Å². The number of halogens is 1. The number of benzene rings is 3. The molecule has 4 rings (SSSR count). The minimum atomic E-state index is -0.419. The lowest BCUT2D eigenvalue weighted by Crippen LogP contribution is -2.14. The number of anilines is 1. The van der Waals surface area contributed by atoms with Crippen LogP contribution in [-0.4, -0.2) is 20.7 Å². The smallest absolute Gasteiger partial charge is 0.295 e. The summed E-state index contributed by atoms with van der Waals surface area (Å²) in [6, 6.07) is 24.6. The first kappa shape index (κ1) is 17.9. The van der Waals surface area contributed by atoms with Crippen LogP contribution in [0.25, 0.3) is 17.1 Å². The molecule has 0 fully saturated rings. The van der Waals surface area contributed by atoms with E-state index in [4.69, 9.17) is 11.6 Å². The maximum absolute atomic E-state index is 12.8. The van der Waals surface area contributed by atoms with Crippen molar-refractivity contribution in [3.63, 3.8) is 0 Å². The van der Waals surface area contributed by atoms with E-state index in [1.54, 1.807) is 28.9 Å². The van der Waals surface area contributed by atoms with E-state index in [-0.39, 0.29) is 5.82 Å². The topological polar surface area (TPSA) is 59.8 Å². The number of aromatic nitrogens is 3. The number of hydrogen-bond acceptors (Lipinski definition) is 3. The van der Waals surface area contributed by atoms with Crippen LogP contribution in [0.15, 0.2) is 78.9 Å². The number of amides is 1. The standard InChI is InChI=1S/C22H17ClN4O/c1-15-9-5-8-14-19(15)27-21(16-10-3-2-4-11-16)25-20(26-27)22(28)24-18-13-7-6-12-17(18)23/h2-14H,1H3,(H,24,28). The van der Waals surface area contributed by atoms with Gasteiger partial charge >= 0.3 is 0 Å². The maximum atomic E-state index is 12.8. The van der Waals surface area contributed by atoms with Gasteiger partial charge in [0.2, 0.25) is 5.82 Å². The molecule has 0 atom stereocenters. The van der Waals surface area contributed by atoms with Gasteiger partial charge < -0.3 is 5.32 Å². The van der Waals surface area contributed by atoms with Crippen molar-refractivity contribution < 1.29 is 4.79 Å². The quantitative estimate of drug-likeness (QED) is 0.526. The van der Waals surface area contributed by atoms with Gasteiger partial charge in [-0.25, -0.2) is 9.67 Å². The van der Waals surface area contributed by atoms with E-state index in [9.17, 15) is 4.79 Å². The molecular weight excluding hydrogens is 372 g/mol. The molecule has 0 radical (unpaired) electrons. The monoisotopic (exact) mass is 388 g/mol. The van der Waals surface area contributed by atoms with Gasteiger partial charge in [-0.2, -0.15) is 0 Å². The Hall–Kier alpha value is -3.44. The van der Waals surface area contributed by atoms with E-state index in [1.807, 2.05) is 61.5 Å². The molecule has 28 heavy (non-hydrogen) atoms. The third kappa shape index (κ3) is 3.52. The summed E-state index contributed by atoms with van der Waals surface area (Å²) in [5.41, 5.74) is 3.28. The van der Waals surface area contributed by atoms with Gasteiger partial charge in [0.15, 0.2) is 5.82 Å². The first-order chi connectivity index (χ1) is 13.6. The second kappa shape index (κ2) is 7.66. The molecule has 3 aromatic carbocycles. The van der Waals surface area contributed by atoms with Gasteiger partial charge in [-0.3, -0.25) is 4.79 Å². The van der Waals surface area contributed by atoms with Crippen LogP contribution < -0.4 is 5.32 Å². The Morgan fingerprint density at radius 3 is 2.36 bits per heavy atom. The summed E-state index contributed by atoms with van der Waals surface area (Å²) in [4.78, 5) is 17.3. The van der Waals surface area contributed by atoms with E-state index < -0.39 is 5.91 Å². The molecule has 1 heterocycles. The number of nitrogens with one attached hydrogen (secondary N) is 1. The molecule has 1 amide bonds. The van der Waals surface area contributed by atoms with Gasteiger partial charge in [-0.05, 0) is 30.7 Å². The fraction of sp³-hybridized carbons (Fsp3) is 0.0455. The van der Waals surface area contributed by atoms with Crippen LogP contribution in [0.4, 0.5) is 5.69 Å². The van der Waals surface area contributed by atoms with Crippen molar-refractivity contribution in [2.75, 3.05) is 5.32 Å². The second-order valence-corrected chi connectivity index (χ2v) is 6.66. The number of aryl methyl sites for hydroxylation is 1. The summed E-state index contributed by atoms with van der Waals surface area (Å²) in [6.07, 6.45) is 0. The fourth-order valence-corrected chi connectivity index (χ4v) is 3.08. The van der Waals surface area contributed by atoms with Gasteiger partial charge in [0.25, 0.3) is 5.91 Å². The van der Waals surface area contributed by atoms with Crippen LogP contribution in [-0.2, 0) is 0 Å². The Morgan fingerprint density at radius 1 is 0.929 bits per heavy atom. The minimum Gasteiger partial charge on any atom is -0.318 e. The van der Waals surface area contributed by atoms with Crippen LogP contribution in [0, 0.1) is 6.92 Å². The predicted octanol–water partition coefficient (Wildman–Crippen LogP) is 5.15. The molecule has 0 bridgehead atoms. The van der Waals surface area contributed by atoms with Crippen molar-refractivity contribution in [3.8, 4) is 17.1 Å². The highest BCUT2D eigenvalue weighted by Crippen LogP contribution is 2.24. The van der Waals surface area contributed by atoms with Gasteiger partial charge in [-0.15, -0.1) is 5.10 Å². The lowest BCUT2D eigenvalue weighted by Gasteiger charge is -2.08. The van der Waals surface area contributed by atoms with Gasteiger partial charge in [0.1, 0.15) is 0 Å². The van der Waals surface area contributed by atoms with Gasteiger partial charge in [0, 0.05) is 5.56 Å². The summed E-state index contributed by atoms with van der Waals surface area (Å²) in [5.74, 6) is 0.249. The molecular formula is C22H17ClN4O. The first-order valence-electron chi connectivity index (χ1n) is 8.78. The number of nitrogens with zero attached hydrogens (tertiary/aromatic N) is 3. The Bertz CT molecular complexity index is 1140. The zero-order valence-corrected chi connectivity index (χ0v) is 15.9. The van der Waals surface area contributed by atoms with E-state index in [1.165, 1.54) is 0 Å². The van der Waals surface area contributed by atoms with Crippen molar-refractivity contribution in [2.24, 2.45) is 0 Å². The molecule has 0 saturated carbocycles. The second-order valence-electron chi connectivity index (χ2n) is 6.26. The molecule has 0 aliphatic heterocycles. The van der Waals surface area contributed by atoms with Crippen molar-refractivity contribution in [3.05, 3.63) is 95.3 Å². The van der Waals surface area contributed by atoms with Crippen LogP contribution in [0.5, 0.6) is 0 Å². The zero-order chi connectivity index (χ0) is 19.5. The SMILES string of the molecule is Cc1ccccc1-n1nc(C(=O)Nc2ccccc2Cl)nc1-c1ccccc1. The summed E-state index contributed by atoms with van der Waals surface area (Å²) < 4.78 is 1.70. The molecule has 4 aromatic rings. The third-order valence-corrected chi connectivity index (χ3v) is 4.64. The van der Waals surface area contributed by atoms with Crippen molar-refractivity contribution in [1.29, 1.82) is 0 Å². The highest BCUT2D eigenvalue weighted by atomic mass is 35.5. The lowest BCUT2D eigenvalue weighted by atomic mass is 10.2. The van der Waals surface area contributed by atoms with E-state index >= 15 is 0 Å². The number of hydrogen-bond donors (Lipinski definition) is 1. The Labute approximate surface area is 167 Å². The molecule has 6 heteroatoms. The molecule has 0 unspecified atom stereocenters. The van der Waals surface area contributed by atoms with E-state index in [2.05, 4.69) is 15.4 Å². The molecule has 5 nitrogen and oxygen atoms in total. The fourth-order valence-electron chi connectivity index (χ4n) is 2.89. The van der Waals surface area contributed by atoms with Crippen LogP contribution >= 0.6 is 11.6 Å². The molecule has 0 aliphatic carbocycles. The predicted molar refractivity (Wildman–Crippen MR) is 111 cm³/mol. The Balaban J connectivity index is 1.79. The van der Waals surface area contributed by atoms with E-state index in [0.29, 0.717) is 16.5 Å². The third-order valence-electron chi connectivity index (χ3n) is 4.31. The molecule has 0 aliphatic rings. The van der Waals surface area contributed by atoms with Crippen molar-refractivity contribution in [2.45, 2.75) is 6.92 Å². The number of carbonyl (C=O) groups excluding carboxylic acids is 1. The Morgan fingerprint density at radius 2 is 1.61 bits per heavy atom. The maximum Gasteiger partial charge on any atom is 0.295 e. The zero-order valence-electron chi connectivity index (χ0n) is 15.1. The summed E-state index contributed by atoms with van der Waals surface area (Å²) in [7, 11) is 0. The molecule has 1 N–H and O–H groups in total. The lowest BCUT2D eigenvalue weighted by molar-refractivity contribution is 0.101. The largest absolute Gasteiger partial charge is 0.318 e. The number of rotatable bonds is 4. The minimum absolute atomic E-state index is 0.0713. The average Bonchev–Trinajstić information content (AvgIpc) is 3.16. The van der Waals surface area contributed by atoms with Crippen molar-refractivity contribution in [1.82, 2.24) is 14.8 Å². The molecule has 0 saturated heterocycles. The van der Waals surface area contributed by atoms with Crippen molar-refractivity contribution >= 4 is 23.2 Å². The molecule has 0 spiro atoms. The normalized spacial score (nSPS) is 10.6. The molecule has 1 aromatic heterocycles. The van der Waals surface area contributed by atoms with Gasteiger partial charge in [-0.1, -0.05) is 72.3 Å². The molecule has 138 valence electrons. The summed E-state index contributed by atoms with van der Waals surface area (Å²) in [5, 5.41) is 7.73. The highest BCUT2D eigenvalue weighted by Gasteiger charge is 2.20. The number of carbonyl (C=O) groups is 1. The highest BCUT2D eigenvalue weighted by molar-refractivity contribution is 6.33. The van der Waals surface area contributed by atoms with Crippen LogP contribution in [0.3, 0.4) is 0 Å². The van der Waals surface area contributed by atoms with Gasteiger partial charge in [0.05, 0.1) is 16.4 Å². The number of para-hydroxylation sites is 2. The first-order valence-corrected chi connectivity index (χ1v) is 9.15. The summed E-state index contributed by atoms with van der Waals surface area (Å²) in [6.45, 7) is 2.00. The van der Waals surface area contributed by atoms with Crippen LogP contribution in [0.2, 0.25) is 5.02 Å². The van der Waals surface area contributed by atoms with Crippen LogP contribution in [0.1, 0.15) is 16.2 Å². The average molecular weight is 389 g/mol.